The van der Waals surface area contributed by atoms with Gasteiger partial charge in [-0.2, -0.15) is 4.98 Å². The Balaban J connectivity index is 1.37. The molecular weight excluding hydrogens is 386 g/mol. The van der Waals surface area contributed by atoms with Gasteiger partial charge in [-0.15, -0.1) is 5.10 Å². The zero-order chi connectivity index (χ0) is 20.5. The van der Waals surface area contributed by atoms with E-state index < -0.39 is 0 Å². The molecule has 9 heteroatoms. The molecule has 9 nitrogen and oxygen atoms in total. The van der Waals surface area contributed by atoms with E-state index >= 15 is 0 Å². The summed E-state index contributed by atoms with van der Waals surface area (Å²) in [7, 11) is 3.27. The highest BCUT2D eigenvalue weighted by Gasteiger charge is 2.27. The van der Waals surface area contributed by atoms with Crippen LogP contribution < -0.4 is 9.47 Å². The van der Waals surface area contributed by atoms with E-state index in [1.165, 1.54) is 0 Å². The topological polar surface area (TPSA) is 97.3 Å². The number of benzene rings is 2. The molecule has 30 heavy (non-hydrogen) atoms. The molecular formula is C21H19N5O4. The minimum absolute atomic E-state index is 0.113. The summed E-state index contributed by atoms with van der Waals surface area (Å²) in [5.41, 5.74) is 3.24. The molecule has 0 unspecified atom stereocenters. The Morgan fingerprint density at radius 3 is 2.37 bits per heavy atom. The highest BCUT2D eigenvalue weighted by atomic mass is 16.5. The van der Waals surface area contributed by atoms with E-state index in [0.717, 1.165) is 28.3 Å². The molecule has 0 saturated carbocycles. The van der Waals surface area contributed by atoms with Crippen molar-refractivity contribution in [2.45, 2.75) is 19.3 Å². The van der Waals surface area contributed by atoms with Gasteiger partial charge in [0.2, 0.25) is 5.82 Å². The first-order valence-corrected chi connectivity index (χ1v) is 9.41. The van der Waals surface area contributed by atoms with Crippen molar-refractivity contribution in [3.05, 3.63) is 59.8 Å². The quantitative estimate of drug-likeness (QED) is 0.499. The smallest absolute Gasteiger partial charge is 0.258 e. The highest BCUT2D eigenvalue weighted by molar-refractivity contribution is 5.59. The van der Waals surface area contributed by atoms with Crippen LogP contribution in [0.4, 0.5) is 0 Å². The minimum Gasteiger partial charge on any atom is -0.497 e. The molecule has 0 aliphatic carbocycles. The number of ether oxygens (including phenoxy) is 3. The van der Waals surface area contributed by atoms with Crippen molar-refractivity contribution in [2.24, 2.45) is 0 Å². The largest absolute Gasteiger partial charge is 0.497 e. The van der Waals surface area contributed by atoms with Gasteiger partial charge < -0.3 is 18.7 Å². The second kappa shape index (κ2) is 7.60. The fraction of sp³-hybridized carbons (Fsp3) is 0.238. The van der Waals surface area contributed by atoms with Crippen molar-refractivity contribution < 1.29 is 18.7 Å². The monoisotopic (exact) mass is 405 g/mol. The molecule has 2 aromatic heterocycles. The Hall–Kier alpha value is -3.72. The van der Waals surface area contributed by atoms with Crippen LogP contribution in [0.25, 0.3) is 23.0 Å². The maximum Gasteiger partial charge on any atom is 0.258 e. The molecule has 0 radical (unpaired) electrons. The number of fused-ring (bicyclic) bond motifs is 1. The molecule has 0 saturated heterocycles. The normalized spacial score (nSPS) is 15.6. The molecule has 152 valence electrons. The molecule has 0 spiro atoms. The fourth-order valence-corrected chi connectivity index (χ4v) is 3.38. The van der Waals surface area contributed by atoms with E-state index in [1.54, 1.807) is 14.2 Å². The van der Waals surface area contributed by atoms with E-state index in [1.807, 2.05) is 53.2 Å². The van der Waals surface area contributed by atoms with Crippen LogP contribution in [0.15, 0.2) is 53.1 Å². The van der Waals surface area contributed by atoms with Crippen LogP contribution in [-0.2, 0) is 17.9 Å². The average Bonchev–Trinajstić information content (AvgIpc) is 3.46. The minimum atomic E-state index is -0.113. The number of methoxy groups -OCH3 is 2. The SMILES string of the molecule is COc1ccc(-c2nc(-c3nnn4c3CO[C@@H](c3ccc(OC)cc3)C4)no2)cc1. The first-order chi connectivity index (χ1) is 14.7. The highest BCUT2D eigenvalue weighted by Crippen LogP contribution is 2.31. The first kappa shape index (κ1) is 18.3. The number of hydrogen-bond donors (Lipinski definition) is 0. The predicted octanol–water partition coefficient (Wildman–Crippen LogP) is 3.28. The van der Waals surface area contributed by atoms with Crippen molar-refractivity contribution in [3.63, 3.8) is 0 Å². The van der Waals surface area contributed by atoms with Gasteiger partial charge in [0.25, 0.3) is 5.89 Å². The maximum absolute atomic E-state index is 6.06. The van der Waals surface area contributed by atoms with Gasteiger partial charge >= 0.3 is 0 Å². The van der Waals surface area contributed by atoms with Gasteiger partial charge in [-0.25, -0.2) is 4.68 Å². The van der Waals surface area contributed by atoms with Gasteiger partial charge in [-0.3, -0.25) is 0 Å². The molecule has 2 aromatic carbocycles. The summed E-state index contributed by atoms with van der Waals surface area (Å²) in [4.78, 5) is 4.48. The molecule has 1 aliphatic rings. The predicted molar refractivity (Wildman–Crippen MR) is 106 cm³/mol. The third kappa shape index (κ3) is 3.29. The molecule has 0 bridgehead atoms. The van der Waals surface area contributed by atoms with Crippen LogP contribution in [0.1, 0.15) is 17.4 Å². The Labute approximate surface area is 172 Å². The lowest BCUT2D eigenvalue weighted by Gasteiger charge is -2.24. The molecule has 0 amide bonds. The van der Waals surface area contributed by atoms with E-state index in [0.29, 0.717) is 30.6 Å². The molecule has 3 heterocycles. The van der Waals surface area contributed by atoms with Crippen LogP contribution in [-0.4, -0.2) is 39.4 Å². The van der Waals surface area contributed by atoms with Gasteiger partial charge in [0.1, 0.15) is 17.6 Å². The lowest BCUT2D eigenvalue weighted by molar-refractivity contribution is -0.00114. The van der Waals surface area contributed by atoms with Crippen molar-refractivity contribution in [1.29, 1.82) is 0 Å². The van der Waals surface area contributed by atoms with Crippen LogP contribution >= 0.6 is 0 Å². The zero-order valence-electron chi connectivity index (χ0n) is 16.5. The Morgan fingerprint density at radius 1 is 0.967 bits per heavy atom. The van der Waals surface area contributed by atoms with Crippen molar-refractivity contribution in [2.75, 3.05) is 14.2 Å². The Morgan fingerprint density at radius 2 is 1.67 bits per heavy atom. The molecule has 1 aliphatic heterocycles. The van der Waals surface area contributed by atoms with Crippen LogP contribution in [0.3, 0.4) is 0 Å². The molecule has 5 rings (SSSR count). The van der Waals surface area contributed by atoms with Crippen molar-refractivity contribution in [3.8, 4) is 34.5 Å². The fourth-order valence-electron chi connectivity index (χ4n) is 3.38. The average molecular weight is 405 g/mol. The van der Waals surface area contributed by atoms with Crippen molar-refractivity contribution >= 4 is 0 Å². The Bertz CT molecular complexity index is 1150. The van der Waals surface area contributed by atoms with Crippen LogP contribution in [0, 0.1) is 0 Å². The number of aromatic nitrogens is 5. The van der Waals surface area contributed by atoms with Gasteiger partial charge in [0, 0.05) is 5.56 Å². The second-order valence-electron chi connectivity index (χ2n) is 6.79. The summed E-state index contributed by atoms with van der Waals surface area (Å²) in [5.74, 6) is 2.35. The summed E-state index contributed by atoms with van der Waals surface area (Å²) < 4.78 is 23.7. The summed E-state index contributed by atoms with van der Waals surface area (Å²) in [5, 5.41) is 12.6. The maximum atomic E-state index is 6.06. The van der Waals surface area contributed by atoms with E-state index in [4.69, 9.17) is 18.7 Å². The lowest BCUT2D eigenvalue weighted by Crippen LogP contribution is -2.22. The number of rotatable bonds is 5. The Kier molecular flexibility index (Phi) is 4.64. The van der Waals surface area contributed by atoms with Gasteiger partial charge in [0.15, 0.2) is 5.69 Å². The van der Waals surface area contributed by atoms with E-state index in [-0.39, 0.29) is 6.10 Å². The third-order valence-corrected chi connectivity index (χ3v) is 5.06. The lowest BCUT2D eigenvalue weighted by atomic mass is 10.1. The standard InChI is InChI=1S/C21H19N5O4/c1-27-15-7-3-13(4-8-15)18-11-26-17(12-29-18)19(23-25-26)20-22-21(30-24-20)14-5-9-16(28-2)10-6-14/h3-10,18H,11-12H2,1-2H3/t18-/m1/s1. The van der Waals surface area contributed by atoms with Crippen LogP contribution in [0.2, 0.25) is 0 Å². The van der Waals surface area contributed by atoms with Gasteiger partial charge in [-0.05, 0) is 42.0 Å². The number of nitrogens with zero attached hydrogens (tertiary/aromatic N) is 5. The third-order valence-electron chi connectivity index (χ3n) is 5.06. The van der Waals surface area contributed by atoms with Gasteiger partial charge in [0.05, 0.1) is 33.1 Å². The van der Waals surface area contributed by atoms with Gasteiger partial charge in [-0.1, -0.05) is 22.5 Å². The summed E-state index contributed by atoms with van der Waals surface area (Å²) in [6, 6.07) is 15.2. The van der Waals surface area contributed by atoms with E-state index in [2.05, 4.69) is 20.5 Å². The summed E-state index contributed by atoms with van der Waals surface area (Å²) in [6.45, 7) is 0.906. The summed E-state index contributed by atoms with van der Waals surface area (Å²) in [6.07, 6.45) is -0.113. The molecule has 1 atom stereocenters. The second-order valence-corrected chi connectivity index (χ2v) is 6.79. The van der Waals surface area contributed by atoms with Crippen LogP contribution in [0.5, 0.6) is 11.5 Å². The summed E-state index contributed by atoms with van der Waals surface area (Å²) >= 11 is 0. The zero-order valence-corrected chi connectivity index (χ0v) is 16.5. The van der Waals surface area contributed by atoms with Crippen molar-refractivity contribution in [1.82, 2.24) is 25.1 Å². The molecule has 0 N–H and O–H groups in total. The molecule has 0 fully saturated rings. The molecule has 4 aromatic rings. The number of hydrogen-bond acceptors (Lipinski definition) is 8. The van der Waals surface area contributed by atoms with E-state index in [9.17, 15) is 0 Å². The first-order valence-electron chi connectivity index (χ1n) is 9.41.